The van der Waals surface area contributed by atoms with Crippen LogP contribution in [0.4, 0.5) is 0 Å². The smallest absolute Gasteiger partial charge is 0.123 e. The topological polar surface area (TPSA) is 24.5 Å². The Morgan fingerprint density at radius 3 is 2.09 bits per heavy atom. The fourth-order valence-electron chi connectivity index (χ4n) is 6.40. The zero-order valence-corrected chi connectivity index (χ0v) is 21.5. The van der Waals surface area contributed by atoms with Gasteiger partial charge in [0.05, 0.1) is 7.11 Å². The number of hydrogen-bond donors (Lipinski definition) is 1. The quantitative estimate of drug-likeness (QED) is 0.383. The van der Waals surface area contributed by atoms with Crippen LogP contribution < -0.4 is 10.1 Å². The molecule has 0 aliphatic carbocycles. The van der Waals surface area contributed by atoms with E-state index >= 15 is 0 Å². The van der Waals surface area contributed by atoms with Crippen LogP contribution in [0.3, 0.4) is 0 Å². The van der Waals surface area contributed by atoms with E-state index in [1.165, 1.54) is 48.2 Å². The molecule has 3 aliphatic heterocycles. The molecule has 3 saturated heterocycles. The van der Waals surface area contributed by atoms with Crippen molar-refractivity contribution in [2.75, 3.05) is 20.2 Å². The molecule has 3 aromatic rings. The van der Waals surface area contributed by atoms with Crippen molar-refractivity contribution in [3.8, 4) is 5.75 Å². The molecule has 184 valence electrons. The zero-order chi connectivity index (χ0) is 24.2. The third-order valence-electron chi connectivity index (χ3n) is 8.54. The number of fused-ring (bicyclic) bond motifs is 3. The first kappa shape index (κ1) is 24.1. The maximum Gasteiger partial charge on any atom is 0.123 e. The lowest BCUT2D eigenvalue weighted by Gasteiger charge is -2.54. The molecule has 3 fully saturated rings. The standard InChI is InChI=1S/C32H40N2O/c1-4-23(2)27-15-16-29(35-3)28(21-27)22-33-31-26-17-19-34(20-18-26)32(31)30(24-11-7-5-8-12-24)25-13-9-6-10-14-25/h5-16,21,23,26,30-33H,4,17-20,22H2,1-3H3/t23?,31-,32-/m0/s1. The van der Waals surface area contributed by atoms with Gasteiger partial charge in [0, 0.05) is 30.1 Å². The number of nitrogens with one attached hydrogen (secondary N) is 1. The second-order valence-corrected chi connectivity index (χ2v) is 10.5. The van der Waals surface area contributed by atoms with E-state index in [1.807, 2.05) is 0 Å². The van der Waals surface area contributed by atoms with Crippen molar-refractivity contribution >= 4 is 0 Å². The largest absolute Gasteiger partial charge is 0.496 e. The average molecular weight is 469 g/mol. The van der Waals surface area contributed by atoms with Gasteiger partial charge in [-0.2, -0.15) is 0 Å². The van der Waals surface area contributed by atoms with Crippen LogP contribution in [0.2, 0.25) is 0 Å². The van der Waals surface area contributed by atoms with E-state index in [1.54, 1.807) is 7.11 Å². The number of methoxy groups -OCH3 is 1. The van der Waals surface area contributed by atoms with Crippen molar-refractivity contribution in [3.05, 3.63) is 101 Å². The summed E-state index contributed by atoms with van der Waals surface area (Å²) >= 11 is 0. The Kier molecular flexibility index (Phi) is 7.55. The van der Waals surface area contributed by atoms with Crippen LogP contribution in [-0.2, 0) is 6.54 Å². The number of rotatable bonds is 9. The number of nitrogens with zero attached hydrogens (tertiary/aromatic N) is 1. The van der Waals surface area contributed by atoms with Crippen LogP contribution >= 0.6 is 0 Å². The lowest BCUT2D eigenvalue weighted by Crippen LogP contribution is -2.64. The SMILES string of the molecule is CCC(C)c1ccc(OC)c(CN[C@H]2C3CCN(CC3)[C@H]2C(c2ccccc2)c2ccccc2)c1. The highest BCUT2D eigenvalue weighted by Crippen LogP contribution is 2.42. The maximum atomic E-state index is 5.78. The second-order valence-electron chi connectivity index (χ2n) is 10.5. The van der Waals surface area contributed by atoms with Gasteiger partial charge in [-0.25, -0.2) is 0 Å². The Hall–Kier alpha value is -2.62. The van der Waals surface area contributed by atoms with E-state index in [4.69, 9.17) is 4.74 Å². The Bertz CT molecular complexity index is 1040. The monoisotopic (exact) mass is 468 g/mol. The van der Waals surface area contributed by atoms with Gasteiger partial charge in [-0.1, -0.05) is 86.6 Å². The van der Waals surface area contributed by atoms with E-state index in [0.717, 1.165) is 18.7 Å². The first-order valence-electron chi connectivity index (χ1n) is 13.4. The molecule has 1 N–H and O–H groups in total. The molecule has 3 aliphatic rings. The number of benzene rings is 3. The van der Waals surface area contributed by atoms with Crippen LogP contribution in [0.15, 0.2) is 78.9 Å². The van der Waals surface area contributed by atoms with Crippen molar-refractivity contribution in [1.29, 1.82) is 0 Å². The maximum absolute atomic E-state index is 5.78. The molecule has 3 aromatic carbocycles. The third kappa shape index (κ3) is 5.03. The summed E-state index contributed by atoms with van der Waals surface area (Å²) in [6.45, 7) is 7.83. The molecule has 0 aromatic heterocycles. The molecule has 0 spiro atoms. The van der Waals surface area contributed by atoms with Crippen molar-refractivity contribution in [2.24, 2.45) is 5.92 Å². The fourth-order valence-corrected chi connectivity index (χ4v) is 6.40. The minimum absolute atomic E-state index is 0.353. The molecule has 3 heterocycles. The van der Waals surface area contributed by atoms with Gasteiger partial charge in [-0.05, 0) is 66.9 Å². The van der Waals surface area contributed by atoms with Gasteiger partial charge in [-0.3, -0.25) is 4.90 Å². The number of hydrogen-bond acceptors (Lipinski definition) is 3. The summed E-state index contributed by atoms with van der Waals surface area (Å²) in [5, 5.41) is 4.08. The van der Waals surface area contributed by atoms with Crippen LogP contribution in [0, 0.1) is 5.92 Å². The van der Waals surface area contributed by atoms with E-state index in [2.05, 4.69) is 103 Å². The molecule has 0 amide bonds. The zero-order valence-electron chi connectivity index (χ0n) is 21.5. The highest BCUT2D eigenvalue weighted by molar-refractivity contribution is 5.39. The summed E-state index contributed by atoms with van der Waals surface area (Å²) < 4.78 is 5.78. The van der Waals surface area contributed by atoms with Crippen LogP contribution in [0.5, 0.6) is 5.75 Å². The van der Waals surface area contributed by atoms with Gasteiger partial charge in [0.2, 0.25) is 0 Å². The van der Waals surface area contributed by atoms with Gasteiger partial charge in [0.1, 0.15) is 5.75 Å². The van der Waals surface area contributed by atoms with Crippen molar-refractivity contribution < 1.29 is 4.74 Å². The van der Waals surface area contributed by atoms with Crippen molar-refractivity contribution in [1.82, 2.24) is 10.2 Å². The summed E-state index contributed by atoms with van der Waals surface area (Å²) in [6.07, 6.45) is 3.72. The normalized spacial score (nSPS) is 24.5. The number of piperidine rings is 3. The first-order chi connectivity index (χ1) is 17.2. The van der Waals surface area contributed by atoms with E-state index < -0.39 is 0 Å². The summed E-state index contributed by atoms with van der Waals surface area (Å²) in [5.41, 5.74) is 5.51. The predicted octanol–water partition coefficient (Wildman–Crippen LogP) is 6.59. The molecule has 2 bridgehead atoms. The second kappa shape index (κ2) is 11.0. The average Bonchev–Trinajstić information content (AvgIpc) is 2.93. The molecule has 3 atom stereocenters. The molecular weight excluding hydrogens is 428 g/mol. The molecule has 0 saturated carbocycles. The van der Waals surface area contributed by atoms with E-state index in [9.17, 15) is 0 Å². The highest BCUT2D eigenvalue weighted by atomic mass is 16.5. The van der Waals surface area contributed by atoms with E-state index in [-0.39, 0.29) is 0 Å². The van der Waals surface area contributed by atoms with Crippen molar-refractivity contribution in [3.63, 3.8) is 0 Å². The Morgan fingerprint density at radius 1 is 0.886 bits per heavy atom. The van der Waals surface area contributed by atoms with Crippen LogP contribution in [0.25, 0.3) is 0 Å². The van der Waals surface area contributed by atoms with Gasteiger partial charge in [0.25, 0.3) is 0 Å². The Labute approximate surface area is 211 Å². The molecule has 35 heavy (non-hydrogen) atoms. The van der Waals surface area contributed by atoms with Crippen LogP contribution in [-0.4, -0.2) is 37.2 Å². The summed E-state index contributed by atoms with van der Waals surface area (Å²) in [4.78, 5) is 2.76. The Balaban J connectivity index is 1.47. The minimum atomic E-state index is 0.353. The van der Waals surface area contributed by atoms with Gasteiger partial charge < -0.3 is 10.1 Å². The highest BCUT2D eigenvalue weighted by Gasteiger charge is 2.46. The summed E-state index contributed by atoms with van der Waals surface area (Å²) in [6, 6.07) is 29.9. The molecule has 1 unspecified atom stereocenters. The fraction of sp³-hybridized carbons (Fsp3) is 0.438. The van der Waals surface area contributed by atoms with Gasteiger partial charge >= 0.3 is 0 Å². The first-order valence-corrected chi connectivity index (χ1v) is 13.4. The molecule has 0 radical (unpaired) electrons. The Morgan fingerprint density at radius 2 is 1.51 bits per heavy atom. The lowest BCUT2D eigenvalue weighted by atomic mass is 9.70. The molecule has 6 rings (SSSR count). The molecule has 3 heteroatoms. The summed E-state index contributed by atoms with van der Waals surface area (Å²) in [5.74, 6) is 2.62. The lowest BCUT2D eigenvalue weighted by molar-refractivity contribution is 0.00462. The molecule has 3 nitrogen and oxygen atoms in total. The predicted molar refractivity (Wildman–Crippen MR) is 145 cm³/mol. The molecular formula is C32H40N2O. The van der Waals surface area contributed by atoms with Crippen molar-refractivity contribution in [2.45, 2.75) is 63.6 Å². The third-order valence-corrected chi connectivity index (χ3v) is 8.54. The number of ether oxygens (including phenoxy) is 1. The summed E-state index contributed by atoms with van der Waals surface area (Å²) in [7, 11) is 1.79. The minimum Gasteiger partial charge on any atom is -0.496 e. The van der Waals surface area contributed by atoms with E-state index in [0.29, 0.717) is 29.8 Å². The van der Waals surface area contributed by atoms with Gasteiger partial charge in [0.15, 0.2) is 0 Å². The van der Waals surface area contributed by atoms with Crippen LogP contribution in [0.1, 0.15) is 67.2 Å². The van der Waals surface area contributed by atoms with Gasteiger partial charge in [-0.15, -0.1) is 0 Å².